The second kappa shape index (κ2) is 7.42. The molecular formula is C19H22N6O2S. The molecule has 2 unspecified atom stereocenters. The van der Waals surface area contributed by atoms with Gasteiger partial charge in [0.05, 0.1) is 10.4 Å². The molecule has 1 fully saturated rings. The zero-order valence-corrected chi connectivity index (χ0v) is 16.1. The molecule has 28 heavy (non-hydrogen) atoms. The molecular weight excluding hydrogens is 376 g/mol. The molecule has 0 saturated heterocycles. The van der Waals surface area contributed by atoms with Gasteiger partial charge < -0.3 is 11.1 Å². The molecule has 1 aromatic carbocycles. The standard InChI is InChI=1S/C19H22N6O2S/c20-16-6-1-2-7-17(16)24-19-23-10-13-9-22-11-15(18(13)25-19)12-4-3-5-14(8-12)28(21,26)27/h3-5,8-11,16-17H,1-2,6-7,20H2,(H2,21,26,27)(H,23,24,25). The Balaban J connectivity index is 1.75. The molecule has 0 bridgehead atoms. The van der Waals surface area contributed by atoms with Gasteiger partial charge in [-0.3, -0.25) is 4.98 Å². The molecule has 4 rings (SSSR count). The summed E-state index contributed by atoms with van der Waals surface area (Å²) in [6.45, 7) is 0. The Morgan fingerprint density at radius 2 is 1.93 bits per heavy atom. The number of primary sulfonamides is 1. The summed E-state index contributed by atoms with van der Waals surface area (Å²) in [5.74, 6) is 0.505. The van der Waals surface area contributed by atoms with Gasteiger partial charge in [0.1, 0.15) is 0 Å². The lowest BCUT2D eigenvalue weighted by Gasteiger charge is -2.29. The van der Waals surface area contributed by atoms with Gasteiger partial charge in [-0.05, 0) is 30.5 Å². The molecule has 8 nitrogen and oxygen atoms in total. The summed E-state index contributed by atoms with van der Waals surface area (Å²) in [6.07, 6.45) is 9.30. The SMILES string of the molecule is NC1CCCCC1Nc1ncc2cncc(-c3cccc(S(N)(=O)=O)c3)c2n1. The Bertz CT molecular complexity index is 1120. The Hall–Kier alpha value is -2.62. The normalized spacial score (nSPS) is 20.2. The summed E-state index contributed by atoms with van der Waals surface area (Å²) < 4.78 is 23.4. The predicted molar refractivity (Wildman–Crippen MR) is 108 cm³/mol. The van der Waals surface area contributed by atoms with E-state index in [0.717, 1.165) is 31.1 Å². The number of hydrogen-bond acceptors (Lipinski definition) is 7. The van der Waals surface area contributed by atoms with Crippen LogP contribution >= 0.6 is 0 Å². The summed E-state index contributed by atoms with van der Waals surface area (Å²) in [5.41, 5.74) is 8.28. The van der Waals surface area contributed by atoms with Gasteiger partial charge >= 0.3 is 0 Å². The maximum Gasteiger partial charge on any atom is 0.238 e. The molecule has 1 saturated carbocycles. The van der Waals surface area contributed by atoms with Crippen LogP contribution in [0.1, 0.15) is 25.7 Å². The number of anilines is 1. The minimum absolute atomic E-state index is 0.0441. The first-order valence-corrected chi connectivity index (χ1v) is 10.7. The Morgan fingerprint density at radius 3 is 2.71 bits per heavy atom. The van der Waals surface area contributed by atoms with Crippen molar-refractivity contribution in [1.82, 2.24) is 15.0 Å². The van der Waals surface area contributed by atoms with Crippen molar-refractivity contribution in [2.75, 3.05) is 5.32 Å². The molecule has 0 spiro atoms. The van der Waals surface area contributed by atoms with E-state index in [1.165, 1.54) is 12.1 Å². The first kappa shape index (κ1) is 18.7. The van der Waals surface area contributed by atoms with Crippen LogP contribution in [0.3, 0.4) is 0 Å². The van der Waals surface area contributed by atoms with E-state index in [-0.39, 0.29) is 17.0 Å². The molecule has 146 valence electrons. The van der Waals surface area contributed by atoms with E-state index in [4.69, 9.17) is 10.9 Å². The van der Waals surface area contributed by atoms with Crippen molar-refractivity contribution in [1.29, 1.82) is 0 Å². The van der Waals surface area contributed by atoms with Crippen LogP contribution in [0.25, 0.3) is 22.0 Å². The fraction of sp³-hybridized carbons (Fsp3) is 0.316. The lowest BCUT2D eigenvalue weighted by molar-refractivity contribution is 0.402. The van der Waals surface area contributed by atoms with E-state index >= 15 is 0 Å². The van der Waals surface area contributed by atoms with Gasteiger partial charge in [0, 0.05) is 41.6 Å². The third-order valence-corrected chi connectivity index (χ3v) is 6.01. The molecule has 9 heteroatoms. The fourth-order valence-corrected chi connectivity index (χ4v) is 4.14. The zero-order valence-electron chi connectivity index (χ0n) is 15.2. The average Bonchev–Trinajstić information content (AvgIpc) is 2.69. The molecule has 0 radical (unpaired) electrons. The first-order valence-electron chi connectivity index (χ1n) is 9.18. The van der Waals surface area contributed by atoms with Crippen molar-refractivity contribution in [2.45, 2.75) is 42.7 Å². The van der Waals surface area contributed by atoms with Gasteiger partial charge in [0.2, 0.25) is 16.0 Å². The van der Waals surface area contributed by atoms with Crippen LogP contribution in [0.4, 0.5) is 5.95 Å². The van der Waals surface area contributed by atoms with Crippen LogP contribution in [-0.4, -0.2) is 35.5 Å². The quantitative estimate of drug-likeness (QED) is 0.611. The van der Waals surface area contributed by atoms with Gasteiger partial charge in [0.15, 0.2) is 0 Å². The number of nitrogens with two attached hydrogens (primary N) is 2. The summed E-state index contributed by atoms with van der Waals surface area (Å²) in [5, 5.41) is 9.38. The number of benzene rings is 1. The average molecular weight is 398 g/mol. The molecule has 2 heterocycles. The second-order valence-electron chi connectivity index (χ2n) is 7.09. The van der Waals surface area contributed by atoms with E-state index < -0.39 is 10.0 Å². The molecule has 5 N–H and O–H groups in total. The lowest BCUT2D eigenvalue weighted by atomic mass is 9.91. The fourth-order valence-electron chi connectivity index (χ4n) is 3.58. The molecule has 1 aliphatic rings. The number of pyridine rings is 1. The minimum Gasteiger partial charge on any atom is -0.350 e. The molecule has 2 aromatic heterocycles. The van der Waals surface area contributed by atoms with Crippen LogP contribution in [0.2, 0.25) is 0 Å². The highest BCUT2D eigenvalue weighted by atomic mass is 32.2. The first-order chi connectivity index (χ1) is 13.4. The number of nitrogens with one attached hydrogen (secondary N) is 1. The van der Waals surface area contributed by atoms with Crippen molar-refractivity contribution in [3.63, 3.8) is 0 Å². The Labute approximate surface area is 163 Å². The largest absolute Gasteiger partial charge is 0.350 e. The monoisotopic (exact) mass is 398 g/mol. The summed E-state index contributed by atoms with van der Waals surface area (Å²) in [6, 6.07) is 6.66. The number of aromatic nitrogens is 3. The van der Waals surface area contributed by atoms with Crippen LogP contribution < -0.4 is 16.2 Å². The van der Waals surface area contributed by atoms with Gasteiger partial charge in [0.25, 0.3) is 0 Å². The van der Waals surface area contributed by atoms with Crippen LogP contribution in [0.5, 0.6) is 0 Å². The maximum absolute atomic E-state index is 11.7. The Morgan fingerprint density at radius 1 is 1.11 bits per heavy atom. The van der Waals surface area contributed by atoms with Gasteiger partial charge in [-0.15, -0.1) is 0 Å². The van der Waals surface area contributed by atoms with Gasteiger partial charge in [-0.25, -0.2) is 23.5 Å². The van der Waals surface area contributed by atoms with Crippen molar-refractivity contribution in [2.24, 2.45) is 10.9 Å². The third-order valence-electron chi connectivity index (χ3n) is 5.10. The second-order valence-corrected chi connectivity index (χ2v) is 8.65. The highest BCUT2D eigenvalue weighted by Gasteiger charge is 2.22. The molecule has 2 atom stereocenters. The van der Waals surface area contributed by atoms with E-state index in [0.29, 0.717) is 22.6 Å². The summed E-state index contributed by atoms with van der Waals surface area (Å²) >= 11 is 0. The minimum atomic E-state index is -3.80. The number of rotatable bonds is 4. The number of hydrogen-bond donors (Lipinski definition) is 3. The van der Waals surface area contributed by atoms with Crippen LogP contribution in [-0.2, 0) is 10.0 Å². The van der Waals surface area contributed by atoms with Crippen molar-refractivity contribution in [3.05, 3.63) is 42.9 Å². The summed E-state index contributed by atoms with van der Waals surface area (Å²) in [4.78, 5) is 13.3. The predicted octanol–water partition coefficient (Wildman–Crippen LogP) is 2.02. The number of nitrogens with zero attached hydrogens (tertiary/aromatic N) is 3. The third kappa shape index (κ3) is 3.82. The van der Waals surface area contributed by atoms with Crippen LogP contribution in [0, 0.1) is 0 Å². The smallest absolute Gasteiger partial charge is 0.238 e. The van der Waals surface area contributed by atoms with E-state index in [1.54, 1.807) is 30.7 Å². The molecule has 0 amide bonds. The van der Waals surface area contributed by atoms with Crippen LogP contribution in [0.15, 0.2) is 47.8 Å². The highest BCUT2D eigenvalue weighted by Crippen LogP contribution is 2.28. The van der Waals surface area contributed by atoms with E-state index in [2.05, 4.69) is 20.3 Å². The maximum atomic E-state index is 11.7. The zero-order chi connectivity index (χ0) is 19.7. The Kier molecular flexibility index (Phi) is 4.96. The lowest BCUT2D eigenvalue weighted by Crippen LogP contribution is -2.42. The van der Waals surface area contributed by atoms with Gasteiger partial charge in [-0.2, -0.15) is 0 Å². The molecule has 1 aliphatic carbocycles. The van der Waals surface area contributed by atoms with Crippen molar-refractivity contribution in [3.8, 4) is 11.1 Å². The number of sulfonamides is 1. The summed E-state index contributed by atoms with van der Waals surface area (Å²) in [7, 11) is -3.80. The molecule has 0 aliphatic heterocycles. The highest BCUT2D eigenvalue weighted by molar-refractivity contribution is 7.89. The topological polar surface area (TPSA) is 137 Å². The number of fused-ring (bicyclic) bond motifs is 1. The van der Waals surface area contributed by atoms with Gasteiger partial charge in [-0.1, -0.05) is 25.0 Å². The van der Waals surface area contributed by atoms with Crippen molar-refractivity contribution < 1.29 is 8.42 Å². The molecule has 3 aromatic rings. The van der Waals surface area contributed by atoms with E-state index in [1.807, 2.05) is 0 Å². The van der Waals surface area contributed by atoms with Crippen molar-refractivity contribution >= 4 is 26.9 Å². The van der Waals surface area contributed by atoms with E-state index in [9.17, 15) is 8.42 Å².